The van der Waals surface area contributed by atoms with E-state index in [1.54, 1.807) is 13.4 Å². The van der Waals surface area contributed by atoms with Crippen LogP contribution in [-0.2, 0) is 9.47 Å². The minimum Gasteiger partial charge on any atom is -0.488 e. The predicted molar refractivity (Wildman–Crippen MR) is 111 cm³/mol. The Hall–Kier alpha value is -2.71. The number of morpholine rings is 1. The van der Waals surface area contributed by atoms with Gasteiger partial charge in [0.2, 0.25) is 0 Å². The molecule has 2 aromatic heterocycles. The number of fused-ring (bicyclic) bond motifs is 1. The van der Waals surface area contributed by atoms with Gasteiger partial charge in [0.05, 0.1) is 30.0 Å². The fraction of sp³-hybridized carbons (Fsp3) is 0.476. The van der Waals surface area contributed by atoms with Gasteiger partial charge in [0.25, 0.3) is 0 Å². The van der Waals surface area contributed by atoms with Crippen LogP contribution in [0.3, 0.4) is 0 Å². The molecule has 8 nitrogen and oxygen atoms in total. The van der Waals surface area contributed by atoms with E-state index in [9.17, 15) is 0 Å². The first kappa shape index (κ1) is 19.6. The third-order valence-electron chi connectivity index (χ3n) is 4.91. The zero-order valence-electron chi connectivity index (χ0n) is 17.3. The van der Waals surface area contributed by atoms with E-state index in [4.69, 9.17) is 14.2 Å². The van der Waals surface area contributed by atoms with E-state index in [1.165, 1.54) is 0 Å². The van der Waals surface area contributed by atoms with Gasteiger partial charge in [-0.05, 0) is 39.0 Å². The molecule has 154 valence electrons. The topological polar surface area (TPSA) is 85.4 Å². The van der Waals surface area contributed by atoms with Gasteiger partial charge in [0.1, 0.15) is 29.7 Å². The Labute approximate surface area is 170 Å². The first-order valence-electron chi connectivity index (χ1n) is 9.90. The Balaban J connectivity index is 1.64. The van der Waals surface area contributed by atoms with Crippen molar-refractivity contribution in [2.24, 2.45) is 0 Å². The molecule has 4 rings (SSSR count). The maximum Gasteiger partial charge on any atom is 0.132 e. The van der Waals surface area contributed by atoms with E-state index in [1.807, 2.05) is 31.2 Å². The lowest BCUT2D eigenvalue weighted by molar-refractivity contribution is -0.00546. The van der Waals surface area contributed by atoms with E-state index in [0.717, 1.165) is 46.9 Å². The number of hydrogen-bond donors (Lipinski definition) is 1. The average molecular weight is 397 g/mol. The number of H-pyrrole nitrogens is 1. The molecule has 3 aromatic rings. The maximum atomic E-state index is 5.94. The molecule has 29 heavy (non-hydrogen) atoms. The number of methoxy groups -OCH3 is 1. The Morgan fingerprint density at radius 2 is 2.00 bits per heavy atom. The van der Waals surface area contributed by atoms with Crippen LogP contribution in [-0.4, -0.2) is 65.3 Å². The summed E-state index contributed by atoms with van der Waals surface area (Å²) in [5.74, 6) is 1.66. The number of nitrogens with zero attached hydrogens (tertiary/aromatic N) is 4. The van der Waals surface area contributed by atoms with Crippen molar-refractivity contribution < 1.29 is 14.2 Å². The second kappa shape index (κ2) is 8.34. The predicted octanol–water partition coefficient (Wildman–Crippen LogP) is 3.05. The summed E-state index contributed by atoms with van der Waals surface area (Å²) < 4.78 is 16.9. The molecule has 3 heterocycles. The standard InChI is InChI=1S/C21H27N5O3/c1-13-9-26(10-14(2)28-13)20-8-19(22-12-23-20)21-17-7-16(29-15(3)11-27-4)5-6-18(17)24-25-21/h5-8,12-15H,9-11H2,1-4H3,(H,24,25)/t13-,14+,15?. The maximum absolute atomic E-state index is 5.94. The van der Waals surface area contributed by atoms with Gasteiger partial charge in [-0.15, -0.1) is 0 Å². The molecule has 1 fully saturated rings. The lowest BCUT2D eigenvalue weighted by atomic mass is 10.1. The van der Waals surface area contributed by atoms with E-state index in [2.05, 4.69) is 38.9 Å². The van der Waals surface area contributed by atoms with Crippen LogP contribution in [0, 0.1) is 0 Å². The minimum atomic E-state index is -0.0382. The van der Waals surface area contributed by atoms with Crippen LogP contribution in [0.4, 0.5) is 5.82 Å². The number of nitrogens with one attached hydrogen (secondary N) is 1. The molecule has 0 saturated carbocycles. The SMILES string of the molecule is COCC(C)Oc1ccc2[nH]nc(-c3cc(N4C[C@@H](C)O[C@@H](C)C4)ncn3)c2c1. The zero-order valence-corrected chi connectivity index (χ0v) is 17.3. The van der Waals surface area contributed by atoms with Crippen LogP contribution in [0.15, 0.2) is 30.6 Å². The monoisotopic (exact) mass is 397 g/mol. The van der Waals surface area contributed by atoms with E-state index in [0.29, 0.717) is 6.61 Å². The van der Waals surface area contributed by atoms with Crippen molar-refractivity contribution >= 4 is 16.7 Å². The van der Waals surface area contributed by atoms with Crippen molar-refractivity contribution in [1.82, 2.24) is 20.2 Å². The lowest BCUT2D eigenvalue weighted by Crippen LogP contribution is -2.45. The van der Waals surface area contributed by atoms with Crippen LogP contribution in [0.25, 0.3) is 22.3 Å². The summed E-state index contributed by atoms with van der Waals surface area (Å²) in [6.07, 6.45) is 1.88. The van der Waals surface area contributed by atoms with Crippen molar-refractivity contribution in [2.75, 3.05) is 31.7 Å². The van der Waals surface area contributed by atoms with Gasteiger partial charge in [-0.1, -0.05) is 0 Å². The van der Waals surface area contributed by atoms with Crippen molar-refractivity contribution in [2.45, 2.75) is 39.1 Å². The Morgan fingerprint density at radius 3 is 2.76 bits per heavy atom. The molecule has 8 heteroatoms. The number of benzene rings is 1. The molecule has 0 aliphatic carbocycles. The molecular weight excluding hydrogens is 370 g/mol. The van der Waals surface area contributed by atoms with Gasteiger partial charge in [0, 0.05) is 31.7 Å². The van der Waals surface area contributed by atoms with Crippen LogP contribution in [0.2, 0.25) is 0 Å². The summed E-state index contributed by atoms with van der Waals surface area (Å²) in [4.78, 5) is 11.2. The molecule has 1 aliphatic heterocycles. The number of aromatic nitrogens is 4. The average Bonchev–Trinajstić information content (AvgIpc) is 3.11. The van der Waals surface area contributed by atoms with E-state index >= 15 is 0 Å². The summed E-state index contributed by atoms with van der Waals surface area (Å²) >= 11 is 0. The molecule has 1 aromatic carbocycles. The summed E-state index contributed by atoms with van der Waals surface area (Å²) in [7, 11) is 1.67. The summed E-state index contributed by atoms with van der Waals surface area (Å²) in [5.41, 5.74) is 2.48. The van der Waals surface area contributed by atoms with Crippen LogP contribution in [0.5, 0.6) is 5.75 Å². The van der Waals surface area contributed by atoms with Crippen LogP contribution in [0.1, 0.15) is 20.8 Å². The molecule has 0 bridgehead atoms. The highest BCUT2D eigenvalue weighted by atomic mass is 16.5. The second-order valence-electron chi connectivity index (χ2n) is 7.59. The van der Waals surface area contributed by atoms with E-state index in [-0.39, 0.29) is 18.3 Å². The van der Waals surface area contributed by atoms with Gasteiger partial charge in [-0.2, -0.15) is 5.10 Å². The summed E-state index contributed by atoms with van der Waals surface area (Å²) in [5, 5.41) is 8.54. The van der Waals surface area contributed by atoms with Crippen LogP contribution < -0.4 is 9.64 Å². The molecule has 0 radical (unpaired) electrons. The third-order valence-corrected chi connectivity index (χ3v) is 4.91. The Morgan fingerprint density at radius 1 is 1.21 bits per heavy atom. The third kappa shape index (κ3) is 4.33. The normalized spacial score (nSPS) is 20.8. The van der Waals surface area contributed by atoms with Crippen molar-refractivity contribution in [1.29, 1.82) is 0 Å². The van der Waals surface area contributed by atoms with Crippen molar-refractivity contribution in [3.63, 3.8) is 0 Å². The largest absolute Gasteiger partial charge is 0.488 e. The van der Waals surface area contributed by atoms with Gasteiger partial charge in [-0.3, -0.25) is 5.10 Å². The number of anilines is 1. The molecule has 1 aliphatic rings. The Kier molecular flexibility index (Phi) is 5.64. The first-order chi connectivity index (χ1) is 14.0. The highest BCUT2D eigenvalue weighted by Gasteiger charge is 2.24. The fourth-order valence-electron chi connectivity index (χ4n) is 3.78. The highest BCUT2D eigenvalue weighted by molar-refractivity contribution is 5.93. The number of rotatable bonds is 6. The van der Waals surface area contributed by atoms with Gasteiger partial charge < -0.3 is 19.1 Å². The molecule has 1 saturated heterocycles. The Bertz CT molecular complexity index is 966. The van der Waals surface area contributed by atoms with Gasteiger partial charge >= 0.3 is 0 Å². The smallest absolute Gasteiger partial charge is 0.132 e. The first-order valence-corrected chi connectivity index (χ1v) is 9.90. The molecule has 0 spiro atoms. The van der Waals surface area contributed by atoms with Crippen molar-refractivity contribution in [3.8, 4) is 17.1 Å². The quantitative estimate of drug-likeness (QED) is 0.684. The van der Waals surface area contributed by atoms with Gasteiger partial charge in [0.15, 0.2) is 0 Å². The summed E-state index contributed by atoms with van der Waals surface area (Å²) in [6.45, 7) is 8.28. The molecule has 3 atom stereocenters. The van der Waals surface area contributed by atoms with E-state index < -0.39 is 0 Å². The lowest BCUT2D eigenvalue weighted by Gasteiger charge is -2.36. The highest BCUT2D eigenvalue weighted by Crippen LogP contribution is 2.30. The molecule has 0 amide bonds. The fourth-order valence-corrected chi connectivity index (χ4v) is 3.78. The summed E-state index contributed by atoms with van der Waals surface area (Å²) in [6, 6.07) is 7.87. The molecule has 1 unspecified atom stereocenters. The molecular formula is C21H27N5O3. The number of ether oxygens (including phenoxy) is 3. The van der Waals surface area contributed by atoms with Gasteiger partial charge in [-0.25, -0.2) is 9.97 Å². The number of aromatic amines is 1. The second-order valence-corrected chi connectivity index (χ2v) is 7.59. The molecule has 1 N–H and O–H groups in total. The van der Waals surface area contributed by atoms with Crippen LogP contribution >= 0.6 is 0 Å². The minimum absolute atomic E-state index is 0.0382. The van der Waals surface area contributed by atoms with Crippen molar-refractivity contribution in [3.05, 3.63) is 30.6 Å². The zero-order chi connectivity index (χ0) is 20.4. The number of hydrogen-bond acceptors (Lipinski definition) is 7.